The third-order valence-corrected chi connectivity index (χ3v) is 5.25. The predicted octanol–water partition coefficient (Wildman–Crippen LogP) is 3.12. The molecule has 1 amide bonds. The van der Waals surface area contributed by atoms with Crippen molar-refractivity contribution in [3.05, 3.63) is 60.2 Å². The van der Waals surface area contributed by atoms with Crippen molar-refractivity contribution in [3.8, 4) is 5.75 Å². The third-order valence-electron chi connectivity index (χ3n) is 4.06. The van der Waals surface area contributed by atoms with Crippen molar-refractivity contribution in [3.63, 3.8) is 0 Å². The Labute approximate surface area is 161 Å². The van der Waals surface area contributed by atoms with Crippen molar-refractivity contribution in [2.45, 2.75) is 26.3 Å². The third kappa shape index (κ3) is 6.29. The predicted molar refractivity (Wildman–Crippen MR) is 107 cm³/mol. The van der Waals surface area contributed by atoms with Crippen LogP contribution < -0.4 is 14.4 Å². The molecule has 2 aromatic rings. The van der Waals surface area contributed by atoms with Crippen molar-refractivity contribution in [2.75, 3.05) is 23.7 Å². The molecule has 6 nitrogen and oxygen atoms in total. The zero-order chi connectivity index (χ0) is 19.9. The van der Waals surface area contributed by atoms with E-state index >= 15 is 0 Å². The molecule has 7 heteroatoms. The molecule has 1 N–H and O–H groups in total. The number of ether oxygens (including phenoxy) is 1. The van der Waals surface area contributed by atoms with Crippen LogP contribution >= 0.6 is 0 Å². The molecule has 0 bridgehead atoms. The number of hydrogen-bond acceptors (Lipinski definition) is 4. The van der Waals surface area contributed by atoms with Crippen molar-refractivity contribution < 1.29 is 17.9 Å². The summed E-state index contributed by atoms with van der Waals surface area (Å²) in [6, 6.07) is 16.3. The van der Waals surface area contributed by atoms with E-state index in [0.717, 1.165) is 11.8 Å². The van der Waals surface area contributed by atoms with E-state index in [9.17, 15) is 13.2 Å². The lowest BCUT2D eigenvalue weighted by molar-refractivity contribution is -0.121. The van der Waals surface area contributed by atoms with Crippen LogP contribution in [0.1, 0.15) is 31.9 Å². The molecule has 0 aromatic heterocycles. The minimum atomic E-state index is -3.51. The fraction of sp³-hybridized carbons (Fsp3) is 0.350. The minimum Gasteiger partial charge on any atom is -0.494 e. The van der Waals surface area contributed by atoms with Gasteiger partial charge in [0.1, 0.15) is 5.75 Å². The molecule has 0 aliphatic carbocycles. The summed E-state index contributed by atoms with van der Waals surface area (Å²) < 4.78 is 30.9. The summed E-state index contributed by atoms with van der Waals surface area (Å²) in [5.41, 5.74) is 1.50. The van der Waals surface area contributed by atoms with E-state index in [0.29, 0.717) is 18.0 Å². The van der Waals surface area contributed by atoms with E-state index in [-0.39, 0.29) is 24.9 Å². The van der Waals surface area contributed by atoms with Crippen LogP contribution in [-0.2, 0) is 14.8 Å². The van der Waals surface area contributed by atoms with Gasteiger partial charge >= 0.3 is 0 Å². The summed E-state index contributed by atoms with van der Waals surface area (Å²) in [5.74, 6) is 0.468. The first-order valence-corrected chi connectivity index (χ1v) is 10.7. The largest absolute Gasteiger partial charge is 0.494 e. The number of hydrogen-bond donors (Lipinski definition) is 1. The molecule has 0 heterocycles. The number of carbonyl (C=O) groups is 1. The summed E-state index contributed by atoms with van der Waals surface area (Å²) in [5, 5.41) is 2.90. The Kier molecular flexibility index (Phi) is 7.24. The Morgan fingerprint density at radius 1 is 1.11 bits per heavy atom. The summed E-state index contributed by atoms with van der Waals surface area (Å²) in [6.07, 6.45) is 1.20. The van der Waals surface area contributed by atoms with Gasteiger partial charge in [-0.25, -0.2) is 8.42 Å². The van der Waals surface area contributed by atoms with Gasteiger partial charge in [0.2, 0.25) is 15.9 Å². The molecular formula is C20H26N2O4S. The zero-order valence-corrected chi connectivity index (χ0v) is 16.7. The van der Waals surface area contributed by atoms with Crippen molar-refractivity contribution in [1.29, 1.82) is 0 Å². The van der Waals surface area contributed by atoms with Gasteiger partial charge in [0.25, 0.3) is 0 Å². The molecule has 2 rings (SSSR count). The molecular weight excluding hydrogens is 364 g/mol. The molecule has 0 aliphatic heterocycles. The quantitative estimate of drug-likeness (QED) is 0.714. The van der Waals surface area contributed by atoms with Crippen LogP contribution in [0.15, 0.2) is 54.6 Å². The first-order chi connectivity index (χ1) is 12.8. The molecule has 146 valence electrons. The first-order valence-electron chi connectivity index (χ1n) is 8.86. The normalized spacial score (nSPS) is 12.3. The van der Waals surface area contributed by atoms with Gasteiger partial charge in [-0.2, -0.15) is 0 Å². The fourth-order valence-electron chi connectivity index (χ4n) is 2.70. The number of amides is 1. The van der Waals surface area contributed by atoms with Gasteiger partial charge in [-0.3, -0.25) is 9.10 Å². The molecule has 0 radical (unpaired) electrons. The Morgan fingerprint density at radius 3 is 2.30 bits per heavy atom. The van der Waals surface area contributed by atoms with E-state index in [1.807, 2.05) is 44.2 Å². The molecule has 27 heavy (non-hydrogen) atoms. The van der Waals surface area contributed by atoms with Crippen molar-refractivity contribution in [1.82, 2.24) is 5.32 Å². The molecule has 1 unspecified atom stereocenters. The van der Waals surface area contributed by atoms with Gasteiger partial charge in [0.05, 0.1) is 24.6 Å². The number of carbonyl (C=O) groups excluding carboxylic acids is 1. The summed E-state index contributed by atoms with van der Waals surface area (Å²) in [4.78, 5) is 12.3. The molecule has 1 atom stereocenters. The molecule has 0 fully saturated rings. The van der Waals surface area contributed by atoms with Gasteiger partial charge in [-0.05, 0) is 43.7 Å². The number of rotatable bonds is 9. The van der Waals surface area contributed by atoms with Crippen LogP contribution in [0.4, 0.5) is 5.69 Å². The highest BCUT2D eigenvalue weighted by atomic mass is 32.2. The maximum atomic E-state index is 12.3. The van der Waals surface area contributed by atoms with E-state index in [2.05, 4.69) is 5.32 Å². The molecule has 2 aromatic carbocycles. The molecule has 0 spiro atoms. The summed E-state index contributed by atoms with van der Waals surface area (Å²) in [6.45, 7) is 4.38. The molecule has 0 aliphatic rings. The number of anilines is 1. The Hall–Kier alpha value is -2.54. The van der Waals surface area contributed by atoms with Gasteiger partial charge in [0.15, 0.2) is 0 Å². The van der Waals surface area contributed by atoms with Crippen LogP contribution in [-0.4, -0.2) is 33.7 Å². The lowest BCUT2D eigenvalue weighted by Crippen LogP contribution is -2.35. The summed E-state index contributed by atoms with van der Waals surface area (Å²) in [7, 11) is -3.51. The molecule has 0 saturated heterocycles. The van der Waals surface area contributed by atoms with Crippen LogP contribution in [0.3, 0.4) is 0 Å². The topological polar surface area (TPSA) is 75.7 Å². The second-order valence-corrected chi connectivity index (χ2v) is 8.12. The van der Waals surface area contributed by atoms with E-state index < -0.39 is 10.0 Å². The highest BCUT2D eigenvalue weighted by Crippen LogP contribution is 2.22. The van der Waals surface area contributed by atoms with Crippen molar-refractivity contribution >= 4 is 21.6 Å². The highest BCUT2D eigenvalue weighted by Gasteiger charge is 2.19. The van der Waals surface area contributed by atoms with Crippen LogP contribution in [0.25, 0.3) is 0 Å². The number of benzene rings is 2. The second kappa shape index (κ2) is 9.41. The van der Waals surface area contributed by atoms with E-state index in [4.69, 9.17) is 4.74 Å². The van der Waals surface area contributed by atoms with Crippen LogP contribution in [0, 0.1) is 0 Å². The smallest absolute Gasteiger partial charge is 0.232 e. The highest BCUT2D eigenvalue weighted by molar-refractivity contribution is 7.92. The van der Waals surface area contributed by atoms with Gasteiger partial charge < -0.3 is 10.1 Å². The Bertz CT molecular complexity index is 836. The van der Waals surface area contributed by atoms with Gasteiger partial charge in [-0.1, -0.05) is 30.3 Å². The van der Waals surface area contributed by atoms with Crippen molar-refractivity contribution in [2.24, 2.45) is 0 Å². The monoisotopic (exact) mass is 390 g/mol. The second-order valence-electron chi connectivity index (χ2n) is 6.21. The van der Waals surface area contributed by atoms with Crippen LogP contribution in [0.5, 0.6) is 5.75 Å². The maximum absolute atomic E-state index is 12.3. The van der Waals surface area contributed by atoms with Gasteiger partial charge in [0, 0.05) is 13.0 Å². The lowest BCUT2D eigenvalue weighted by Gasteiger charge is -2.23. The average Bonchev–Trinajstić information content (AvgIpc) is 2.63. The fourth-order valence-corrected chi connectivity index (χ4v) is 3.63. The molecule has 0 saturated carbocycles. The van der Waals surface area contributed by atoms with E-state index in [1.54, 1.807) is 24.3 Å². The van der Waals surface area contributed by atoms with Crippen LogP contribution in [0.2, 0.25) is 0 Å². The number of nitrogens with one attached hydrogen (secondary N) is 1. The number of nitrogens with zero attached hydrogens (tertiary/aromatic N) is 1. The Balaban J connectivity index is 2.01. The summed E-state index contributed by atoms with van der Waals surface area (Å²) >= 11 is 0. The maximum Gasteiger partial charge on any atom is 0.232 e. The minimum absolute atomic E-state index is 0.0669. The zero-order valence-electron chi connectivity index (χ0n) is 15.9. The lowest BCUT2D eigenvalue weighted by atomic mass is 10.1. The average molecular weight is 391 g/mol. The first kappa shape index (κ1) is 20.8. The SMILES string of the molecule is CCOc1ccc(N(CCC(=O)NC(C)c2ccccc2)S(C)(=O)=O)cc1. The standard InChI is InChI=1S/C20H26N2O4S/c1-4-26-19-12-10-18(11-13-19)22(27(3,24)25)15-14-20(23)21-16(2)17-8-6-5-7-9-17/h5-13,16H,4,14-15H2,1-3H3,(H,21,23). The van der Waals surface area contributed by atoms with E-state index in [1.165, 1.54) is 4.31 Å². The number of sulfonamides is 1. The van der Waals surface area contributed by atoms with Gasteiger partial charge in [-0.15, -0.1) is 0 Å². The Morgan fingerprint density at radius 2 is 1.74 bits per heavy atom.